The van der Waals surface area contributed by atoms with Gasteiger partial charge in [-0.2, -0.15) is 17.5 Å². The van der Waals surface area contributed by atoms with Gasteiger partial charge in [-0.3, -0.25) is 4.79 Å². The van der Waals surface area contributed by atoms with E-state index in [1.807, 2.05) is 0 Å². The number of carbonyl (C=O) groups is 1. The Balaban J connectivity index is 1.82. The molecule has 0 aliphatic rings. The predicted molar refractivity (Wildman–Crippen MR) is 111 cm³/mol. The van der Waals surface area contributed by atoms with Gasteiger partial charge in [0.25, 0.3) is 5.91 Å². The molecule has 0 unspecified atom stereocenters. The van der Waals surface area contributed by atoms with Crippen LogP contribution in [0.15, 0.2) is 77.7 Å². The van der Waals surface area contributed by atoms with Gasteiger partial charge < -0.3 is 5.32 Å². The second-order valence-electron chi connectivity index (χ2n) is 6.92. The summed E-state index contributed by atoms with van der Waals surface area (Å²) in [5, 5.41) is 2.27. The average Bonchev–Trinajstić information content (AvgIpc) is 2.74. The molecule has 3 rings (SSSR count). The Kier molecular flexibility index (Phi) is 6.65. The van der Waals surface area contributed by atoms with E-state index in [0.717, 1.165) is 52.3 Å². The minimum Gasteiger partial charge on any atom is -0.322 e. The van der Waals surface area contributed by atoms with Crippen molar-refractivity contribution in [2.24, 2.45) is 0 Å². The van der Waals surface area contributed by atoms with Crippen molar-refractivity contribution in [3.8, 4) is 0 Å². The Hall–Kier alpha value is -3.24. The summed E-state index contributed by atoms with van der Waals surface area (Å²) in [6.45, 7) is 0.0631. The molecule has 0 radical (unpaired) electrons. The zero-order valence-electron chi connectivity index (χ0n) is 16.7. The van der Waals surface area contributed by atoms with Crippen LogP contribution in [0.5, 0.6) is 0 Å². The molecule has 0 heterocycles. The number of amides is 1. The molecular formula is C22H18F4N2O3S. The number of benzene rings is 3. The molecule has 3 aromatic carbocycles. The van der Waals surface area contributed by atoms with Crippen LogP contribution in [0.3, 0.4) is 0 Å². The largest absolute Gasteiger partial charge is 0.416 e. The monoisotopic (exact) mass is 466 g/mol. The number of halogens is 4. The minimum absolute atomic E-state index is 0.00291. The van der Waals surface area contributed by atoms with Gasteiger partial charge in [0.2, 0.25) is 10.0 Å². The number of alkyl halides is 3. The molecule has 0 saturated carbocycles. The average molecular weight is 466 g/mol. The summed E-state index contributed by atoms with van der Waals surface area (Å²) in [6.07, 6.45) is -4.54. The number of nitrogens with zero attached hydrogens (tertiary/aromatic N) is 1. The van der Waals surface area contributed by atoms with Gasteiger partial charge >= 0.3 is 6.18 Å². The van der Waals surface area contributed by atoms with Crippen molar-refractivity contribution in [2.45, 2.75) is 17.6 Å². The number of nitrogens with one attached hydrogen (secondary N) is 1. The maximum Gasteiger partial charge on any atom is 0.416 e. The van der Waals surface area contributed by atoms with E-state index in [0.29, 0.717) is 0 Å². The zero-order chi connectivity index (χ0) is 23.5. The molecule has 0 bridgehead atoms. The third kappa shape index (κ3) is 5.32. The highest BCUT2D eigenvalue weighted by atomic mass is 32.2. The zero-order valence-corrected chi connectivity index (χ0v) is 17.5. The van der Waals surface area contributed by atoms with Crippen molar-refractivity contribution in [2.75, 3.05) is 12.4 Å². The van der Waals surface area contributed by atoms with E-state index < -0.39 is 39.1 Å². The maximum atomic E-state index is 14.3. The number of carbonyl (C=O) groups excluding carboxylic acids is 1. The molecule has 0 saturated heterocycles. The summed E-state index contributed by atoms with van der Waals surface area (Å²) in [7, 11) is -2.69. The lowest BCUT2D eigenvalue weighted by atomic mass is 10.1. The predicted octanol–water partition coefficient (Wildman–Crippen LogP) is 4.92. The molecule has 10 heteroatoms. The van der Waals surface area contributed by atoms with E-state index in [1.165, 1.54) is 7.05 Å². The fourth-order valence-corrected chi connectivity index (χ4v) is 4.07. The molecule has 0 aliphatic heterocycles. The number of anilines is 1. The van der Waals surface area contributed by atoms with Gasteiger partial charge in [0.15, 0.2) is 0 Å². The standard InChI is InChI=1S/C22H18F4N2O3S/c1-28(14-15-5-3-2-4-6-15)32(30,31)18-11-12-20(23)19(13-18)21(29)27-17-9-7-16(8-10-17)22(24,25)26/h2-13H,14H2,1H3,(H,27,29). The molecule has 1 amide bonds. The molecule has 32 heavy (non-hydrogen) atoms. The lowest BCUT2D eigenvalue weighted by Gasteiger charge is -2.18. The molecule has 0 aromatic heterocycles. The molecule has 3 aromatic rings. The first-order valence-electron chi connectivity index (χ1n) is 9.27. The Morgan fingerprint density at radius 3 is 2.19 bits per heavy atom. The number of hydrogen-bond acceptors (Lipinski definition) is 3. The van der Waals surface area contributed by atoms with Crippen LogP contribution in [0.1, 0.15) is 21.5 Å². The van der Waals surface area contributed by atoms with Gasteiger partial charge in [-0.1, -0.05) is 30.3 Å². The second-order valence-corrected chi connectivity index (χ2v) is 8.96. The highest BCUT2D eigenvalue weighted by Crippen LogP contribution is 2.30. The fraction of sp³-hybridized carbons (Fsp3) is 0.136. The first kappa shape index (κ1) is 23.4. The highest BCUT2D eigenvalue weighted by molar-refractivity contribution is 7.89. The first-order valence-corrected chi connectivity index (χ1v) is 10.7. The van der Waals surface area contributed by atoms with Crippen LogP contribution in [0.4, 0.5) is 23.2 Å². The van der Waals surface area contributed by atoms with E-state index in [4.69, 9.17) is 0 Å². The smallest absolute Gasteiger partial charge is 0.322 e. The second kappa shape index (κ2) is 9.09. The summed E-state index contributed by atoms with van der Waals surface area (Å²) in [5.74, 6) is -1.97. The Morgan fingerprint density at radius 1 is 0.969 bits per heavy atom. The van der Waals surface area contributed by atoms with Crippen LogP contribution in [0.25, 0.3) is 0 Å². The topological polar surface area (TPSA) is 66.5 Å². The maximum absolute atomic E-state index is 14.3. The van der Waals surface area contributed by atoms with Gasteiger partial charge in [0.05, 0.1) is 16.0 Å². The highest BCUT2D eigenvalue weighted by Gasteiger charge is 2.30. The van der Waals surface area contributed by atoms with Crippen LogP contribution in [-0.2, 0) is 22.7 Å². The van der Waals surface area contributed by atoms with Crippen molar-refractivity contribution >= 4 is 21.6 Å². The summed E-state index contributed by atoms with van der Waals surface area (Å²) >= 11 is 0. The van der Waals surface area contributed by atoms with Crippen LogP contribution in [-0.4, -0.2) is 25.7 Å². The fourth-order valence-electron chi connectivity index (χ4n) is 2.89. The van der Waals surface area contributed by atoms with Crippen LogP contribution in [0, 0.1) is 5.82 Å². The normalized spacial score (nSPS) is 12.1. The third-order valence-corrected chi connectivity index (χ3v) is 6.41. The van der Waals surface area contributed by atoms with Crippen LogP contribution in [0.2, 0.25) is 0 Å². The molecule has 0 fully saturated rings. The Labute approximate surface area is 182 Å². The van der Waals surface area contributed by atoms with E-state index in [9.17, 15) is 30.8 Å². The quantitative estimate of drug-likeness (QED) is 0.525. The van der Waals surface area contributed by atoms with Gasteiger partial charge in [-0.15, -0.1) is 0 Å². The molecule has 5 nitrogen and oxygen atoms in total. The van der Waals surface area contributed by atoms with Crippen molar-refractivity contribution < 1.29 is 30.8 Å². The summed E-state index contributed by atoms with van der Waals surface area (Å²) in [4.78, 5) is 12.2. The minimum atomic E-state index is -4.54. The molecular weight excluding hydrogens is 448 g/mol. The van der Waals surface area contributed by atoms with E-state index >= 15 is 0 Å². The number of rotatable bonds is 6. The van der Waals surface area contributed by atoms with Gasteiger partial charge in [-0.05, 0) is 48.0 Å². The molecule has 0 aliphatic carbocycles. The molecule has 0 spiro atoms. The Morgan fingerprint density at radius 2 is 1.59 bits per heavy atom. The number of sulfonamides is 1. The van der Waals surface area contributed by atoms with Crippen LogP contribution < -0.4 is 5.32 Å². The molecule has 0 atom stereocenters. The Bertz CT molecular complexity index is 1210. The molecule has 1 N–H and O–H groups in total. The SMILES string of the molecule is CN(Cc1ccccc1)S(=O)(=O)c1ccc(F)c(C(=O)Nc2ccc(C(F)(F)F)cc2)c1. The van der Waals surface area contributed by atoms with E-state index in [-0.39, 0.29) is 17.1 Å². The lowest BCUT2D eigenvalue weighted by Crippen LogP contribution is -2.27. The summed E-state index contributed by atoms with van der Waals surface area (Å²) in [5.41, 5.74) is -0.729. The van der Waals surface area contributed by atoms with Gasteiger partial charge in [0.1, 0.15) is 5.82 Å². The number of hydrogen-bond donors (Lipinski definition) is 1. The van der Waals surface area contributed by atoms with E-state index in [2.05, 4.69) is 5.32 Å². The van der Waals surface area contributed by atoms with Gasteiger partial charge in [-0.25, -0.2) is 12.8 Å². The van der Waals surface area contributed by atoms with Gasteiger partial charge in [0, 0.05) is 19.3 Å². The first-order chi connectivity index (χ1) is 15.0. The van der Waals surface area contributed by atoms with Crippen molar-refractivity contribution in [1.29, 1.82) is 0 Å². The van der Waals surface area contributed by atoms with Crippen molar-refractivity contribution in [1.82, 2.24) is 4.31 Å². The van der Waals surface area contributed by atoms with Crippen LogP contribution >= 0.6 is 0 Å². The lowest BCUT2D eigenvalue weighted by molar-refractivity contribution is -0.137. The van der Waals surface area contributed by atoms with Crippen molar-refractivity contribution in [3.63, 3.8) is 0 Å². The molecule has 168 valence electrons. The van der Waals surface area contributed by atoms with Crippen molar-refractivity contribution in [3.05, 3.63) is 95.3 Å². The summed E-state index contributed by atoms with van der Waals surface area (Å²) < 4.78 is 79.1. The third-order valence-electron chi connectivity index (χ3n) is 4.61. The summed E-state index contributed by atoms with van der Waals surface area (Å²) in [6, 6.07) is 15.2. The van der Waals surface area contributed by atoms with E-state index in [1.54, 1.807) is 30.3 Å².